The van der Waals surface area contributed by atoms with Crippen LogP contribution in [0.4, 0.5) is 0 Å². The molecule has 68 valence electrons. The van der Waals surface area contributed by atoms with Gasteiger partial charge >= 0.3 is 0 Å². The van der Waals surface area contributed by atoms with Crippen molar-refractivity contribution in [3.63, 3.8) is 0 Å². The van der Waals surface area contributed by atoms with E-state index in [0.29, 0.717) is 11.9 Å². The molecule has 2 saturated heterocycles. The number of carbonyl (C=O) groups excluding carboxylic acids is 1. The van der Waals surface area contributed by atoms with Crippen LogP contribution in [-0.2, 0) is 4.79 Å². The van der Waals surface area contributed by atoms with E-state index in [0.717, 1.165) is 19.5 Å². The van der Waals surface area contributed by atoms with Crippen LogP contribution < -0.4 is 5.32 Å². The van der Waals surface area contributed by atoms with Gasteiger partial charge in [-0.05, 0) is 19.3 Å². The zero-order valence-electron chi connectivity index (χ0n) is 7.55. The standard InChI is InChI=1S/C9H16N2O/c1-2-7-4-3-5-11(7)9(12)8-6-10-8/h7-8,10H,2-6H2,1H3. The maximum atomic E-state index is 11.6. The highest BCUT2D eigenvalue weighted by Gasteiger charge is 2.37. The Kier molecular flexibility index (Phi) is 2.05. The van der Waals surface area contributed by atoms with Crippen molar-refractivity contribution in [3.05, 3.63) is 0 Å². The zero-order valence-corrected chi connectivity index (χ0v) is 7.55. The molecule has 0 saturated carbocycles. The highest BCUT2D eigenvalue weighted by atomic mass is 16.2. The summed E-state index contributed by atoms with van der Waals surface area (Å²) in [5, 5.41) is 3.06. The molecule has 0 radical (unpaired) electrons. The summed E-state index contributed by atoms with van der Waals surface area (Å²) in [6.45, 7) is 4.04. The lowest BCUT2D eigenvalue weighted by molar-refractivity contribution is -0.131. The molecule has 2 aliphatic rings. The van der Waals surface area contributed by atoms with Crippen LogP contribution >= 0.6 is 0 Å². The summed E-state index contributed by atoms with van der Waals surface area (Å²) in [6, 6.07) is 0.692. The van der Waals surface area contributed by atoms with Crippen LogP contribution in [0.25, 0.3) is 0 Å². The molecule has 3 nitrogen and oxygen atoms in total. The Labute approximate surface area is 73.1 Å². The third kappa shape index (κ3) is 1.33. The van der Waals surface area contributed by atoms with Crippen LogP contribution in [0.5, 0.6) is 0 Å². The van der Waals surface area contributed by atoms with Crippen molar-refractivity contribution in [1.29, 1.82) is 0 Å². The first-order valence-electron chi connectivity index (χ1n) is 4.86. The highest BCUT2D eigenvalue weighted by molar-refractivity contribution is 5.85. The van der Waals surface area contributed by atoms with E-state index in [4.69, 9.17) is 0 Å². The molecule has 0 aromatic carbocycles. The van der Waals surface area contributed by atoms with Crippen LogP contribution in [0.3, 0.4) is 0 Å². The van der Waals surface area contributed by atoms with Crippen molar-refractivity contribution in [2.24, 2.45) is 0 Å². The van der Waals surface area contributed by atoms with E-state index in [2.05, 4.69) is 17.1 Å². The largest absolute Gasteiger partial charge is 0.338 e. The van der Waals surface area contributed by atoms with Gasteiger partial charge in [0.25, 0.3) is 0 Å². The molecule has 12 heavy (non-hydrogen) atoms. The van der Waals surface area contributed by atoms with Gasteiger partial charge in [0.2, 0.25) is 5.91 Å². The van der Waals surface area contributed by atoms with E-state index in [1.54, 1.807) is 0 Å². The molecule has 2 heterocycles. The van der Waals surface area contributed by atoms with Crippen LogP contribution in [0.1, 0.15) is 26.2 Å². The van der Waals surface area contributed by atoms with E-state index in [-0.39, 0.29) is 6.04 Å². The second-order valence-corrected chi connectivity index (χ2v) is 3.70. The number of hydrogen-bond acceptors (Lipinski definition) is 2. The number of nitrogens with zero attached hydrogens (tertiary/aromatic N) is 1. The van der Waals surface area contributed by atoms with Gasteiger partial charge in [-0.15, -0.1) is 0 Å². The summed E-state index contributed by atoms with van der Waals surface area (Å²) in [5.41, 5.74) is 0. The lowest BCUT2D eigenvalue weighted by Gasteiger charge is -2.22. The second kappa shape index (κ2) is 3.05. The number of hydrogen-bond donors (Lipinski definition) is 1. The molecule has 2 aliphatic heterocycles. The maximum absolute atomic E-state index is 11.6. The summed E-state index contributed by atoms with van der Waals surface area (Å²) in [7, 11) is 0. The van der Waals surface area contributed by atoms with Gasteiger partial charge in [-0.2, -0.15) is 0 Å². The number of nitrogens with one attached hydrogen (secondary N) is 1. The average Bonchev–Trinajstić information content (AvgIpc) is 2.82. The van der Waals surface area contributed by atoms with Gasteiger partial charge < -0.3 is 10.2 Å². The molecule has 0 aromatic rings. The van der Waals surface area contributed by atoms with Crippen molar-refractivity contribution in [3.8, 4) is 0 Å². The van der Waals surface area contributed by atoms with Crippen molar-refractivity contribution < 1.29 is 4.79 Å². The third-order valence-corrected chi connectivity index (χ3v) is 2.84. The Morgan fingerprint density at radius 2 is 2.42 bits per heavy atom. The molecule has 1 N–H and O–H groups in total. The van der Waals surface area contributed by atoms with Crippen LogP contribution in [0, 0.1) is 0 Å². The van der Waals surface area contributed by atoms with Crippen molar-refractivity contribution >= 4 is 5.91 Å². The highest BCUT2D eigenvalue weighted by Crippen LogP contribution is 2.21. The van der Waals surface area contributed by atoms with E-state index in [1.807, 2.05) is 0 Å². The molecule has 1 amide bonds. The fourth-order valence-electron chi connectivity index (χ4n) is 1.98. The monoisotopic (exact) mass is 168 g/mol. The summed E-state index contributed by atoms with van der Waals surface area (Å²) >= 11 is 0. The molecule has 3 heteroatoms. The molecule has 0 aliphatic carbocycles. The lowest BCUT2D eigenvalue weighted by atomic mass is 10.1. The molecule has 0 spiro atoms. The van der Waals surface area contributed by atoms with E-state index < -0.39 is 0 Å². The summed E-state index contributed by atoms with van der Waals surface area (Å²) in [6.07, 6.45) is 3.50. The Balaban J connectivity index is 1.96. The average molecular weight is 168 g/mol. The predicted octanol–water partition coefficient (Wildman–Crippen LogP) is 0.359. The van der Waals surface area contributed by atoms with Gasteiger partial charge in [-0.3, -0.25) is 4.79 Å². The zero-order chi connectivity index (χ0) is 8.55. The molecular formula is C9H16N2O. The number of likely N-dealkylation sites (tertiary alicyclic amines) is 1. The van der Waals surface area contributed by atoms with E-state index in [1.165, 1.54) is 12.8 Å². The van der Waals surface area contributed by atoms with Crippen LogP contribution in [-0.4, -0.2) is 36.0 Å². The Morgan fingerprint density at radius 1 is 1.67 bits per heavy atom. The topological polar surface area (TPSA) is 42.2 Å². The fourth-order valence-corrected chi connectivity index (χ4v) is 1.98. The molecule has 2 atom stereocenters. The van der Waals surface area contributed by atoms with Crippen LogP contribution in [0.15, 0.2) is 0 Å². The predicted molar refractivity (Wildman–Crippen MR) is 46.8 cm³/mol. The van der Waals surface area contributed by atoms with Gasteiger partial charge in [-0.25, -0.2) is 0 Å². The minimum atomic E-state index is 0.164. The number of amides is 1. The molecular weight excluding hydrogens is 152 g/mol. The van der Waals surface area contributed by atoms with Gasteiger partial charge in [0, 0.05) is 19.1 Å². The Hall–Kier alpha value is -0.570. The second-order valence-electron chi connectivity index (χ2n) is 3.70. The minimum Gasteiger partial charge on any atom is -0.338 e. The summed E-state index contributed by atoms with van der Waals surface area (Å²) in [4.78, 5) is 13.7. The lowest BCUT2D eigenvalue weighted by Crippen LogP contribution is -2.38. The normalized spacial score (nSPS) is 33.9. The smallest absolute Gasteiger partial charge is 0.241 e. The first-order valence-corrected chi connectivity index (χ1v) is 4.86. The first kappa shape index (κ1) is 8.05. The maximum Gasteiger partial charge on any atom is 0.241 e. The van der Waals surface area contributed by atoms with Crippen molar-refractivity contribution in [2.45, 2.75) is 38.3 Å². The molecule has 2 rings (SSSR count). The van der Waals surface area contributed by atoms with Gasteiger partial charge in [0.05, 0.1) is 6.04 Å². The van der Waals surface area contributed by atoms with E-state index >= 15 is 0 Å². The summed E-state index contributed by atoms with van der Waals surface area (Å²) in [5.74, 6) is 0.333. The molecule has 2 fully saturated rings. The fraction of sp³-hybridized carbons (Fsp3) is 0.889. The summed E-state index contributed by atoms with van der Waals surface area (Å²) < 4.78 is 0. The number of rotatable bonds is 2. The quantitative estimate of drug-likeness (QED) is 0.605. The van der Waals surface area contributed by atoms with Crippen LogP contribution in [0.2, 0.25) is 0 Å². The third-order valence-electron chi connectivity index (χ3n) is 2.84. The Bertz CT molecular complexity index is 189. The van der Waals surface area contributed by atoms with Gasteiger partial charge in [0.1, 0.15) is 0 Å². The minimum absolute atomic E-state index is 0.164. The molecule has 0 aromatic heterocycles. The van der Waals surface area contributed by atoms with Crippen molar-refractivity contribution in [2.75, 3.05) is 13.1 Å². The first-order chi connectivity index (χ1) is 5.83. The molecule has 0 bridgehead atoms. The van der Waals surface area contributed by atoms with Gasteiger partial charge in [-0.1, -0.05) is 6.92 Å². The number of carbonyl (C=O) groups is 1. The SMILES string of the molecule is CCC1CCCN1C(=O)C1CN1. The van der Waals surface area contributed by atoms with E-state index in [9.17, 15) is 4.79 Å². The Morgan fingerprint density at radius 3 is 3.00 bits per heavy atom. The van der Waals surface area contributed by atoms with Gasteiger partial charge in [0.15, 0.2) is 0 Å². The molecule has 2 unspecified atom stereocenters. The van der Waals surface area contributed by atoms with Crippen molar-refractivity contribution in [1.82, 2.24) is 10.2 Å².